The van der Waals surface area contributed by atoms with E-state index in [0.29, 0.717) is 0 Å². The fraction of sp³-hybridized carbons (Fsp3) is 0.467. The van der Waals surface area contributed by atoms with Gasteiger partial charge in [-0.25, -0.2) is 0 Å². The van der Waals surface area contributed by atoms with Gasteiger partial charge in [-0.3, -0.25) is 0 Å². The largest absolute Gasteiger partial charge is 0.493 e. The standard InChI is InChI=1S/C15H23NO3/c1-4-7-13(16-10-6-11-17)12-8-5-9-14(18-2)15(12)19-3/h4-5,8-9,13,16-17H,1,6-7,10-11H2,2-3H3/p+1/t13-/m0/s1. The van der Waals surface area contributed by atoms with Crippen LogP contribution in [-0.2, 0) is 0 Å². The summed E-state index contributed by atoms with van der Waals surface area (Å²) in [6.45, 7) is 4.90. The normalized spacial score (nSPS) is 11.9. The molecule has 0 fully saturated rings. The quantitative estimate of drug-likeness (QED) is 0.523. The molecule has 0 aliphatic carbocycles. The Morgan fingerprint density at radius 1 is 1.37 bits per heavy atom. The Morgan fingerprint density at radius 3 is 2.74 bits per heavy atom. The molecule has 0 bridgehead atoms. The van der Waals surface area contributed by atoms with Crippen LogP contribution in [0.2, 0.25) is 0 Å². The maximum absolute atomic E-state index is 8.88. The van der Waals surface area contributed by atoms with Gasteiger partial charge in [0.1, 0.15) is 6.04 Å². The van der Waals surface area contributed by atoms with Crippen molar-refractivity contribution in [3.63, 3.8) is 0 Å². The highest BCUT2D eigenvalue weighted by Crippen LogP contribution is 2.34. The molecule has 0 amide bonds. The molecule has 0 saturated heterocycles. The summed E-state index contributed by atoms with van der Waals surface area (Å²) in [5.74, 6) is 1.52. The van der Waals surface area contributed by atoms with Crippen LogP contribution in [0, 0.1) is 0 Å². The second-order valence-electron chi connectivity index (χ2n) is 4.32. The first-order chi connectivity index (χ1) is 9.28. The van der Waals surface area contributed by atoms with Crippen LogP contribution in [0.3, 0.4) is 0 Å². The lowest BCUT2D eigenvalue weighted by Gasteiger charge is -2.18. The second-order valence-corrected chi connectivity index (χ2v) is 4.32. The van der Waals surface area contributed by atoms with Crippen molar-refractivity contribution in [3.8, 4) is 11.5 Å². The third kappa shape index (κ3) is 4.26. The van der Waals surface area contributed by atoms with Gasteiger partial charge >= 0.3 is 0 Å². The molecule has 3 N–H and O–H groups in total. The molecule has 0 spiro atoms. The number of methoxy groups -OCH3 is 2. The SMILES string of the molecule is C=CC[C@H]([NH2+]CCCO)c1cccc(OC)c1OC. The first-order valence-electron chi connectivity index (χ1n) is 6.54. The Kier molecular flexibility index (Phi) is 7.00. The number of aliphatic hydroxyl groups excluding tert-OH is 1. The molecule has 1 aromatic rings. The third-order valence-electron chi connectivity index (χ3n) is 3.07. The van der Waals surface area contributed by atoms with Crippen molar-refractivity contribution < 1.29 is 19.9 Å². The molecule has 0 aliphatic heterocycles. The maximum atomic E-state index is 8.88. The van der Waals surface area contributed by atoms with Gasteiger partial charge < -0.3 is 19.9 Å². The Balaban J connectivity index is 2.96. The van der Waals surface area contributed by atoms with E-state index in [9.17, 15) is 0 Å². The first-order valence-corrected chi connectivity index (χ1v) is 6.54. The highest BCUT2D eigenvalue weighted by Gasteiger charge is 2.20. The number of aliphatic hydroxyl groups is 1. The van der Waals surface area contributed by atoms with E-state index in [0.717, 1.165) is 36.4 Å². The van der Waals surface area contributed by atoms with Crippen LogP contribution in [0.15, 0.2) is 30.9 Å². The van der Waals surface area contributed by atoms with E-state index >= 15 is 0 Å². The van der Waals surface area contributed by atoms with E-state index < -0.39 is 0 Å². The summed E-state index contributed by atoms with van der Waals surface area (Å²) in [5, 5.41) is 11.1. The molecule has 0 unspecified atom stereocenters. The van der Waals surface area contributed by atoms with Crippen molar-refractivity contribution in [2.75, 3.05) is 27.4 Å². The number of para-hydroxylation sites is 1. The molecule has 0 saturated carbocycles. The summed E-state index contributed by atoms with van der Waals surface area (Å²) in [7, 11) is 3.29. The van der Waals surface area contributed by atoms with Gasteiger partial charge in [0, 0.05) is 19.4 Å². The lowest BCUT2D eigenvalue weighted by Crippen LogP contribution is -2.85. The minimum atomic E-state index is 0.215. The molecule has 1 rings (SSSR count). The van der Waals surface area contributed by atoms with E-state index in [2.05, 4.69) is 11.9 Å². The van der Waals surface area contributed by atoms with Crippen molar-refractivity contribution in [1.29, 1.82) is 0 Å². The molecule has 19 heavy (non-hydrogen) atoms. The van der Waals surface area contributed by atoms with Gasteiger partial charge in [0.05, 0.1) is 26.3 Å². The van der Waals surface area contributed by atoms with Crippen LogP contribution >= 0.6 is 0 Å². The third-order valence-corrected chi connectivity index (χ3v) is 3.07. The number of hydrogen-bond acceptors (Lipinski definition) is 3. The van der Waals surface area contributed by atoms with E-state index in [1.807, 2.05) is 24.3 Å². The highest BCUT2D eigenvalue weighted by atomic mass is 16.5. The highest BCUT2D eigenvalue weighted by molar-refractivity contribution is 5.47. The predicted molar refractivity (Wildman–Crippen MR) is 75.6 cm³/mol. The van der Waals surface area contributed by atoms with Gasteiger partial charge in [-0.1, -0.05) is 12.1 Å². The predicted octanol–water partition coefficient (Wildman–Crippen LogP) is 1.27. The zero-order valence-corrected chi connectivity index (χ0v) is 11.8. The van der Waals surface area contributed by atoms with Crippen molar-refractivity contribution in [2.45, 2.75) is 18.9 Å². The molecule has 4 heteroatoms. The minimum absolute atomic E-state index is 0.215. The fourth-order valence-electron chi connectivity index (χ4n) is 2.14. The number of benzene rings is 1. The van der Waals surface area contributed by atoms with Crippen LogP contribution in [0.5, 0.6) is 11.5 Å². The minimum Gasteiger partial charge on any atom is -0.493 e. The number of rotatable bonds is 9. The molecule has 0 heterocycles. The molecular weight excluding hydrogens is 242 g/mol. The van der Waals surface area contributed by atoms with Gasteiger partial charge in [0.15, 0.2) is 11.5 Å². The average molecular weight is 266 g/mol. The van der Waals surface area contributed by atoms with Gasteiger partial charge in [-0.2, -0.15) is 0 Å². The molecule has 1 atom stereocenters. The number of quaternary nitrogens is 1. The lowest BCUT2D eigenvalue weighted by atomic mass is 10.0. The molecule has 0 radical (unpaired) electrons. The summed E-state index contributed by atoms with van der Waals surface area (Å²) < 4.78 is 10.8. The van der Waals surface area contributed by atoms with E-state index in [1.54, 1.807) is 14.2 Å². The van der Waals surface area contributed by atoms with Crippen molar-refractivity contribution in [1.82, 2.24) is 0 Å². The Labute approximate surface area is 115 Å². The Bertz CT molecular complexity index is 393. The number of hydrogen-bond donors (Lipinski definition) is 2. The molecule has 0 aliphatic rings. The second kappa shape index (κ2) is 8.56. The van der Waals surface area contributed by atoms with Crippen LogP contribution in [-0.4, -0.2) is 32.5 Å². The zero-order valence-electron chi connectivity index (χ0n) is 11.8. The van der Waals surface area contributed by atoms with E-state index in [1.165, 1.54) is 0 Å². The van der Waals surface area contributed by atoms with Crippen molar-refractivity contribution >= 4 is 0 Å². The molecule has 1 aromatic carbocycles. The molecule has 106 valence electrons. The number of nitrogens with two attached hydrogens (primary N) is 1. The topological polar surface area (TPSA) is 55.3 Å². The summed E-state index contributed by atoms with van der Waals surface area (Å²) in [4.78, 5) is 0. The van der Waals surface area contributed by atoms with Crippen molar-refractivity contribution in [2.24, 2.45) is 0 Å². The summed E-state index contributed by atoms with van der Waals surface area (Å²) in [6.07, 6.45) is 3.52. The van der Waals surface area contributed by atoms with Gasteiger partial charge in [0.2, 0.25) is 0 Å². The molecular formula is C15H24NO3+. The summed E-state index contributed by atoms with van der Waals surface area (Å²) >= 11 is 0. The maximum Gasteiger partial charge on any atom is 0.169 e. The van der Waals surface area contributed by atoms with E-state index in [-0.39, 0.29) is 12.6 Å². The zero-order chi connectivity index (χ0) is 14.1. The summed E-state index contributed by atoms with van der Waals surface area (Å²) in [5.41, 5.74) is 1.10. The Hall–Kier alpha value is -1.52. The van der Waals surface area contributed by atoms with Gasteiger partial charge in [-0.15, -0.1) is 6.58 Å². The Morgan fingerprint density at radius 2 is 2.16 bits per heavy atom. The monoisotopic (exact) mass is 266 g/mol. The number of ether oxygens (including phenoxy) is 2. The van der Waals surface area contributed by atoms with E-state index in [4.69, 9.17) is 14.6 Å². The van der Waals surface area contributed by atoms with Gasteiger partial charge in [-0.05, 0) is 12.1 Å². The van der Waals surface area contributed by atoms with Crippen LogP contribution in [0.1, 0.15) is 24.4 Å². The fourth-order valence-corrected chi connectivity index (χ4v) is 2.14. The first kappa shape index (κ1) is 15.5. The smallest absolute Gasteiger partial charge is 0.169 e. The van der Waals surface area contributed by atoms with Crippen LogP contribution in [0.4, 0.5) is 0 Å². The summed E-state index contributed by atoms with van der Waals surface area (Å²) in [6, 6.07) is 6.13. The van der Waals surface area contributed by atoms with Crippen LogP contribution < -0.4 is 14.8 Å². The van der Waals surface area contributed by atoms with Crippen molar-refractivity contribution in [3.05, 3.63) is 36.4 Å². The molecule has 0 aromatic heterocycles. The average Bonchev–Trinajstić information content (AvgIpc) is 2.45. The van der Waals surface area contributed by atoms with Crippen LogP contribution in [0.25, 0.3) is 0 Å². The lowest BCUT2D eigenvalue weighted by molar-refractivity contribution is -0.695. The molecule has 4 nitrogen and oxygen atoms in total. The van der Waals surface area contributed by atoms with Gasteiger partial charge in [0.25, 0.3) is 0 Å².